The smallest absolute Gasteiger partial charge is 0.329 e. The van der Waals surface area contributed by atoms with E-state index < -0.39 is 24.5 Å². The number of likely N-dealkylation sites (tertiary alicyclic amines) is 1. The number of esters is 1. The number of nitrogens with one attached hydrogen (secondary N) is 1. The number of hydrogen-bond donors (Lipinski definition) is 1. The average molecular weight is 405 g/mol. The topological polar surface area (TPSA) is 92.8 Å². The van der Waals surface area contributed by atoms with Crippen molar-refractivity contribution in [1.82, 2.24) is 4.90 Å². The lowest BCUT2D eigenvalue weighted by Gasteiger charge is -2.23. The summed E-state index contributed by atoms with van der Waals surface area (Å²) in [6.45, 7) is 0.971. The first-order valence-corrected chi connectivity index (χ1v) is 9.83. The molecule has 8 heteroatoms. The van der Waals surface area contributed by atoms with Crippen molar-refractivity contribution >= 4 is 41.0 Å². The minimum Gasteiger partial charge on any atom is -0.454 e. The Morgan fingerprint density at radius 2 is 1.71 bits per heavy atom. The lowest BCUT2D eigenvalue weighted by atomic mass is 9.81. The van der Waals surface area contributed by atoms with E-state index in [0.29, 0.717) is 10.7 Å². The summed E-state index contributed by atoms with van der Waals surface area (Å²) in [5.74, 6) is -1.87. The maximum atomic E-state index is 12.7. The molecule has 2 aliphatic carbocycles. The highest BCUT2D eigenvalue weighted by Crippen LogP contribution is 2.56. The van der Waals surface area contributed by atoms with Gasteiger partial charge in [-0.2, -0.15) is 0 Å². The fourth-order valence-electron chi connectivity index (χ4n) is 4.91. The number of carbonyl (C=O) groups is 4. The van der Waals surface area contributed by atoms with Crippen LogP contribution in [0.25, 0.3) is 0 Å². The molecule has 1 aliphatic heterocycles. The zero-order valence-corrected chi connectivity index (χ0v) is 16.1. The summed E-state index contributed by atoms with van der Waals surface area (Å²) in [6.07, 6.45) is 2.88. The summed E-state index contributed by atoms with van der Waals surface area (Å²) >= 11 is 5.79. The molecule has 3 fully saturated rings. The summed E-state index contributed by atoms with van der Waals surface area (Å²) in [5.41, 5.74) is 0.520. The van der Waals surface area contributed by atoms with Gasteiger partial charge in [0, 0.05) is 10.7 Å². The van der Waals surface area contributed by atoms with Gasteiger partial charge in [0.1, 0.15) is 6.04 Å². The average Bonchev–Trinajstić information content (AvgIpc) is 3.35. The third-order valence-corrected chi connectivity index (χ3v) is 6.42. The summed E-state index contributed by atoms with van der Waals surface area (Å²) in [4.78, 5) is 50.9. The Morgan fingerprint density at radius 3 is 2.29 bits per heavy atom. The van der Waals surface area contributed by atoms with Crippen LogP contribution in [0.4, 0.5) is 5.69 Å². The molecule has 0 radical (unpaired) electrons. The van der Waals surface area contributed by atoms with Gasteiger partial charge in [-0.25, -0.2) is 4.79 Å². The lowest BCUT2D eigenvalue weighted by Crippen LogP contribution is -2.45. The molecule has 0 aromatic heterocycles. The molecule has 0 unspecified atom stereocenters. The van der Waals surface area contributed by atoms with Crippen LogP contribution in [0.2, 0.25) is 5.02 Å². The van der Waals surface area contributed by atoms with Crippen molar-refractivity contribution in [3.05, 3.63) is 29.3 Å². The zero-order valence-electron chi connectivity index (χ0n) is 15.4. The molecule has 4 rings (SSSR count). The molecular formula is C20H21ClN2O5. The van der Waals surface area contributed by atoms with E-state index in [9.17, 15) is 19.2 Å². The van der Waals surface area contributed by atoms with E-state index in [1.54, 1.807) is 24.3 Å². The molecule has 1 aromatic carbocycles. The van der Waals surface area contributed by atoms with Gasteiger partial charge in [0.15, 0.2) is 6.61 Å². The van der Waals surface area contributed by atoms with Gasteiger partial charge in [-0.05, 0) is 62.3 Å². The maximum absolute atomic E-state index is 12.7. The third-order valence-electron chi connectivity index (χ3n) is 6.16. The van der Waals surface area contributed by atoms with Crippen molar-refractivity contribution < 1.29 is 23.9 Å². The molecule has 1 heterocycles. The molecule has 28 heavy (non-hydrogen) atoms. The molecule has 1 aromatic rings. The second-order valence-corrected chi connectivity index (χ2v) is 8.21. The summed E-state index contributed by atoms with van der Waals surface area (Å²) in [7, 11) is 0. The van der Waals surface area contributed by atoms with Gasteiger partial charge in [-0.3, -0.25) is 19.3 Å². The van der Waals surface area contributed by atoms with Crippen LogP contribution >= 0.6 is 11.6 Å². The van der Waals surface area contributed by atoms with Gasteiger partial charge in [-0.1, -0.05) is 11.6 Å². The van der Waals surface area contributed by atoms with E-state index in [1.165, 1.54) is 6.92 Å². The Bertz CT molecular complexity index is 812. The van der Waals surface area contributed by atoms with Crippen molar-refractivity contribution in [3.8, 4) is 0 Å². The van der Waals surface area contributed by atoms with E-state index in [1.807, 2.05) is 0 Å². The van der Waals surface area contributed by atoms with Gasteiger partial charge in [-0.15, -0.1) is 0 Å². The molecule has 2 saturated carbocycles. The fraction of sp³-hybridized carbons (Fsp3) is 0.500. The summed E-state index contributed by atoms with van der Waals surface area (Å²) in [5, 5.41) is 3.12. The number of ether oxygens (including phenoxy) is 1. The van der Waals surface area contributed by atoms with Crippen molar-refractivity contribution in [2.45, 2.75) is 32.2 Å². The first kappa shape index (κ1) is 18.9. The van der Waals surface area contributed by atoms with E-state index in [0.717, 1.165) is 24.2 Å². The van der Waals surface area contributed by atoms with Crippen LogP contribution < -0.4 is 5.32 Å². The van der Waals surface area contributed by atoms with Crippen LogP contribution in [-0.4, -0.2) is 41.2 Å². The molecule has 2 bridgehead atoms. The number of hydrogen-bond acceptors (Lipinski definition) is 5. The monoisotopic (exact) mass is 404 g/mol. The number of rotatable bonds is 5. The van der Waals surface area contributed by atoms with Gasteiger partial charge in [0.25, 0.3) is 5.91 Å². The standard InChI is InChI=1S/C20H21ClN2O5/c1-10(20(27)28-9-15(24)22-14-6-4-13(21)5-7-14)23-18(25)16-11-2-3-12(8-11)17(16)19(23)26/h4-7,10-12,16-17H,2-3,8-9H2,1H3,(H,22,24)/t10-,11-,12-,16-,17+/m0/s1. The van der Waals surface area contributed by atoms with Crippen LogP contribution in [0.5, 0.6) is 0 Å². The third kappa shape index (κ3) is 3.17. The number of carbonyl (C=O) groups excluding carboxylic acids is 4. The van der Waals surface area contributed by atoms with Crippen LogP contribution in [-0.2, 0) is 23.9 Å². The van der Waals surface area contributed by atoms with Crippen molar-refractivity contribution in [3.63, 3.8) is 0 Å². The minimum atomic E-state index is -1.03. The van der Waals surface area contributed by atoms with Crippen LogP contribution in [0.1, 0.15) is 26.2 Å². The molecule has 1 N–H and O–H groups in total. The Morgan fingerprint density at radius 1 is 1.14 bits per heavy atom. The number of halogens is 1. The normalized spacial score (nSPS) is 29.0. The van der Waals surface area contributed by atoms with Gasteiger partial charge < -0.3 is 10.1 Å². The lowest BCUT2D eigenvalue weighted by molar-refractivity contribution is -0.159. The Hall–Kier alpha value is -2.41. The van der Waals surface area contributed by atoms with Crippen LogP contribution in [0, 0.1) is 23.7 Å². The van der Waals surface area contributed by atoms with E-state index in [-0.39, 0.29) is 35.5 Å². The van der Waals surface area contributed by atoms with Crippen molar-refractivity contribution in [2.24, 2.45) is 23.7 Å². The predicted octanol–water partition coefficient (Wildman–Crippen LogP) is 2.24. The zero-order chi connectivity index (χ0) is 20.0. The van der Waals surface area contributed by atoms with E-state index in [2.05, 4.69) is 5.32 Å². The van der Waals surface area contributed by atoms with Gasteiger partial charge in [0.2, 0.25) is 11.8 Å². The summed E-state index contributed by atoms with van der Waals surface area (Å²) < 4.78 is 5.04. The summed E-state index contributed by atoms with van der Waals surface area (Å²) in [6, 6.07) is 5.46. The molecule has 148 valence electrons. The van der Waals surface area contributed by atoms with E-state index in [4.69, 9.17) is 16.3 Å². The molecule has 3 aliphatic rings. The first-order chi connectivity index (χ1) is 13.4. The molecule has 5 atom stereocenters. The molecule has 0 spiro atoms. The van der Waals surface area contributed by atoms with Crippen LogP contribution in [0.15, 0.2) is 24.3 Å². The molecular weight excluding hydrogens is 384 g/mol. The van der Waals surface area contributed by atoms with Gasteiger partial charge >= 0.3 is 5.97 Å². The number of benzene rings is 1. The SMILES string of the molecule is C[C@@H](C(=O)OCC(=O)Nc1ccc(Cl)cc1)N1C(=O)[C@@H]2[C@H]3CC[C@@H](C3)[C@@H]2C1=O. The Kier molecular flexibility index (Phi) is 4.87. The largest absolute Gasteiger partial charge is 0.454 e. The molecule has 1 saturated heterocycles. The first-order valence-electron chi connectivity index (χ1n) is 9.45. The maximum Gasteiger partial charge on any atom is 0.329 e. The number of amides is 3. The van der Waals surface area contributed by atoms with Crippen molar-refractivity contribution in [2.75, 3.05) is 11.9 Å². The molecule has 3 amide bonds. The van der Waals surface area contributed by atoms with E-state index >= 15 is 0 Å². The quantitative estimate of drug-likeness (QED) is 0.600. The Balaban J connectivity index is 1.33. The van der Waals surface area contributed by atoms with Crippen molar-refractivity contribution in [1.29, 1.82) is 0 Å². The minimum absolute atomic E-state index is 0.254. The van der Waals surface area contributed by atoms with Crippen LogP contribution in [0.3, 0.4) is 0 Å². The predicted molar refractivity (Wildman–Crippen MR) is 100 cm³/mol. The fourth-order valence-corrected chi connectivity index (χ4v) is 5.03. The number of fused-ring (bicyclic) bond motifs is 5. The highest BCUT2D eigenvalue weighted by molar-refractivity contribution is 6.30. The van der Waals surface area contributed by atoms with Gasteiger partial charge in [0.05, 0.1) is 11.8 Å². The molecule has 7 nitrogen and oxygen atoms in total. The number of anilines is 1. The Labute approximate surface area is 167 Å². The second-order valence-electron chi connectivity index (χ2n) is 7.77. The number of imide groups is 1. The second kappa shape index (κ2) is 7.20. The highest BCUT2D eigenvalue weighted by atomic mass is 35.5. The highest BCUT2D eigenvalue weighted by Gasteiger charge is 2.62. The number of nitrogens with zero attached hydrogens (tertiary/aromatic N) is 1.